The number of carbonyl (C=O) groups excluding carboxylic acids is 1. The lowest BCUT2D eigenvalue weighted by molar-refractivity contribution is 0.102. The van der Waals surface area contributed by atoms with Crippen LogP contribution in [0.3, 0.4) is 0 Å². The smallest absolute Gasteiger partial charge is 0.259 e. The average Bonchev–Trinajstić information content (AvgIpc) is 3.44. The number of carbonyl (C=O) groups is 1. The van der Waals surface area contributed by atoms with Crippen LogP contribution in [0, 0.1) is 6.92 Å². The Morgan fingerprint density at radius 2 is 1.97 bits per heavy atom. The molecule has 2 aromatic heterocycles. The highest BCUT2D eigenvalue weighted by Crippen LogP contribution is 2.26. The van der Waals surface area contributed by atoms with Crippen molar-refractivity contribution >= 4 is 28.2 Å². The minimum absolute atomic E-state index is 0.240. The van der Waals surface area contributed by atoms with Gasteiger partial charge in [-0.25, -0.2) is 4.98 Å². The molecule has 0 aliphatic carbocycles. The lowest BCUT2D eigenvalue weighted by atomic mass is 10.0. The van der Waals surface area contributed by atoms with Crippen molar-refractivity contribution in [3.63, 3.8) is 0 Å². The topological polar surface area (TPSA) is 83.0 Å². The number of rotatable bonds is 7. The zero-order chi connectivity index (χ0) is 20.1. The fourth-order valence-corrected chi connectivity index (χ4v) is 3.97. The second-order valence-electron chi connectivity index (χ2n) is 7.18. The minimum atomic E-state index is -0.240. The first-order valence-corrected chi connectivity index (χ1v) is 10.6. The van der Waals surface area contributed by atoms with Gasteiger partial charge in [0.25, 0.3) is 5.91 Å². The van der Waals surface area contributed by atoms with E-state index in [1.165, 1.54) is 35.3 Å². The summed E-state index contributed by atoms with van der Waals surface area (Å²) in [5.74, 6) is 0.518. The first kappa shape index (κ1) is 19.5. The zero-order valence-corrected chi connectivity index (χ0v) is 17.2. The van der Waals surface area contributed by atoms with Crippen molar-refractivity contribution in [1.82, 2.24) is 20.1 Å². The molecule has 0 spiro atoms. The number of likely N-dealkylation sites (tertiary alicyclic amines) is 1. The van der Waals surface area contributed by atoms with E-state index in [0.29, 0.717) is 16.7 Å². The molecule has 1 fully saturated rings. The third-order valence-corrected chi connectivity index (χ3v) is 5.73. The number of pyridine rings is 1. The van der Waals surface area contributed by atoms with E-state index in [9.17, 15) is 4.79 Å². The van der Waals surface area contributed by atoms with Gasteiger partial charge in [0.1, 0.15) is 11.3 Å². The molecular weight excluding hydrogens is 384 g/mol. The molecule has 4 rings (SSSR count). The molecule has 1 aliphatic heterocycles. The Balaban J connectivity index is 1.40. The third-order valence-electron chi connectivity index (χ3n) is 5.13. The third kappa shape index (κ3) is 4.96. The molecule has 1 saturated heterocycles. The molecule has 1 unspecified atom stereocenters. The number of hydrogen-bond acceptors (Lipinski definition) is 7. The van der Waals surface area contributed by atoms with Gasteiger partial charge in [-0.3, -0.25) is 15.0 Å². The second-order valence-corrected chi connectivity index (χ2v) is 8.01. The summed E-state index contributed by atoms with van der Waals surface area (Å²) in [6.07, 6.45) is 4.08. The van der Waals surface area contributed by atoms with Crippen LogP contribution < -0.4 is 10.6 Å². The summed E-state index contributed by atoms with van der Waals surface area (Å²) < 4.78 is 0. The summed E-state index contributed by atoms with van der Waals surface area (Å²) in [4.78, 5) is 19.2. The number of aryl methyl sites for hydroxylation is 1. The molecule has 0 bridgehead atoms. The molecular formula is C21H24N6OS. The van der Waals surface area contributed by atoms with Crippen LogP contribution in [0.15, 0.2) is 48.1 Å². The van der Waals surface area contributed by atoms with Crippen LogP contribution in [0.5, 0.6) is 0 Å². The van der Waals surface area contributed by atoms with Gasteiger partial charge in [0.2, 0.25) is 5.13 Å². The number of amides is 1. The van der Waals surface area contributed by atoms with E-state index in [2.05, 4.69) is 61.9 Å². The van der Waals surface area contributed by atoms with Gasteiger partial charge in [0.05, 0.1) is 11.6 Å². The largest absolute Gasteiger partial charge is 0.368 e. The van der Waals surface area contributed by atoms with E-state index in [-0.39, 0.29) is 5.91 Å². The molecule has 7 nitrogen and oxygen atoms in total. The van der Waals surface area contributed by atoms with Gasteiger partial charge >= 0.3 is 0 Å². The van der Waals surface area contributed by atoms with Crippen molar-refractivity contribution in [2.75, 3.05) is 30.3 Å². The summed E-state index contributed by atoms with van der Waals surface area (Å²) in [6.45, 7) is 5.13. The van der Waals surface area contributed by atoms with Crippen LogP contribution in [0.2, 0.25) is 0 Å². The zero-order valence-electron chi connectivity index (χ0n) is 16.3. The first-order valence-electron chi connectivity index (χ1n) is 9.77. The summed E-state index contributed by atoms with van der Waals surface area (Å²) in [7, 11) is 0. The van der Waals surface area contributed by atoms with Crippen LogP contribution in [0.1, 0.15) is 40.4 Å². The number of nitrogens with zero attached hydrogens (tertiary/aromatic N) is 4. The Morgan fingerprint density at radius 3 is 2.62 bits per heavy atom. The van der Waals surface area contributed by atoms with E-state index in [1.54, 1.807) is 17.8 Å². The SMILES string of the molecule is Cc1ccc(C(CNc2ccc(C(=O)Nc3nncs3)cn2)N2CCCC2)cc1. The Labute approximate surface area is 174 Å². The van der Waals surface area contributed by atoms with Gasteiger partial charge in [0, 0.05) is 12.7 Å². The monoisotopic (exact) mass is 408 g/mol. The number of hydrogen-bond donors (Lipinski definition) is 2. The fourth-order valence-electron chi connectivity index (χ4n) is 3.53. The standard InChI is InChI=1S/C21H24N6OS/c1-15-4-6-16(7-5-15)18(27-10-2-3-11-27)13-23-19-9-8-17(12-22-19)20(28)25-21-26-24-14-29-21/h4-9,12,14,18H,2-3,10-11,13H2,1H3,(H,22,23)(H,25,26,28). The molecule has 3 aromatic rings. The fraction of sp³-hybridized carbons (Fsp3) is 0.333. The van der Waals surface area contributed by atoms with E-state index in [0.717, 1.165) is 25.5 Å². The van der Waals surface area contributed by atoms with Crippen molar-refractivity contribution in [1.29, 1.82) is 0 Å². The second kappa shape index (κ2) is 9.11. The van der Waals surface area contributed by atoms with Crippen molar-refractivity contribution < 1.29 is 4.79 Å². The quantitative estimate of drug-likeness (QED) is 0.620. The predicted molar refractivity (Wildman–Crippen MR) is 115 cm³/mol. The molecule has 0 radical (unpaired) electrons. The first-order chi connectivity index (χ1) is 14.2. The molecule has 3 heterocycles. The van der Waals surface area contributed by atoms with Crippen molar-refractivity contribution in [2.45, 2.75) is 25.8 Å². The van der Waals surface area contributed by atoms with Gasteiger partial charge in [-0.1, -0.05) is 41.2 Å². The highest BCUT2D eigenvalue weighted by Gasteiger charge is 2.23. The summed E-state index contributed by atoms with van der Waals surface area (Å²) in [5.41, 5.74) is 4.65. The Morgan fingerprint density at radius 1 is 1.17 bits per heavy atom. The van der Waals surface area contributed by atoms with E-state index in [1.807, 2.05) is 6.07 Å². The molecule has 29 heavy (non-hydrogen) atoms. The van der Waals surface area contributed by atoms with Crippen LogP contribution in [0.4, 0.5) is 10.9 Å². The molecule has 1 aliphatic rings. The van der Waals surface area contributed by atoms with E-state index >= 15 is 0 Å². The summed E-state index contributed by atoms with van der Waals surface area (Å²) >= 11 is 1.28. The maximum Gasteiger partial charge on any atom is 0.259 e. The lowest BCUT2D eigenvalue weighted by Gasteiger charge is -2.28. The minimum Gasteiger partial charge on any atom is -0.368 e. The van der Waals surface area contributed by atoms with Crippen molar-refractivity contribution in [2.24, 2.45) is 0 Å². The highest BCUT2D eigenvalue weighted by atomic mass is 32.1. The van der Waals surface area contributed by atoms with Crippen LogP contribution >= 0.6 is 11.3 Å². The molecule has 2 N–H and O–H groups in total. The lowest BCUT2D eigenvalue weighted by Crippen LogP contribution is -2.31. The molecule has 150 valence electrons. The van der Waals surface area contributed by atoms with Gasteiger partial charge in [-0.2, -0.15) is 0 Å². The van der Waals surface area contributed by atoms with Crippen LogP contribution in [-0.2, 0) is 0 Å². The number of benzene rings is 1. The number of anilines is 2. The van der Waals surface area contributed by atoms with Gasteiger partial charge < -0.3 is 5.32 Å². The van der Waals surface area contributed by atoms with Crippen LogP contribution in [-0.4, -0.2) is 45.6 Å². The van der Waals surface area contributed by atoms with E-state index < -0.39 is 0 Å². The normalized spacial score (nSPS) is 15.2. The average molecular weight is 409 g/mol. The van der Waals surface area contributed by atoms with E-state index in [4.69, 9.17) is 0 Å². The number of aromatic nitrogens is 3. The maximum atomic E-state index is 12.2. The van der Waals surface area contributed by atoms with Gasteiger partial charge in [-0.05, 0) is 50.6 Å². The van der Waals surface area contributed by atoms with Crippen molar-refractivity contribution in [3.05, 3.63) is 64.8 Å². The highest BCUT2D eigenvalue weighted by molar-refractivity contribution is 7.13. The molecule has 0 saturated carbocycles. The Hall–Kier alpha value is -2.84. The summed E-state index contributed by atoms with van der Waals surface area (Å²) in [6, 6.07) is 12.7. The summed E-state index contributed by atoms with van der Waals surface area (Å²) in [5, 5.41) is 14.2. The Kier molecular flexibility index (Phi) is 6.12. The van der Waals surface area contributed by atoms with Gasteiger partial charge in [0.15, 0.2) is 0 Å². The Bertz CT molecular complexity index is 921. The molecule has 1 atom stereocenters. The van der Waals surface area contributed by atoms with Crippen LogP contribution in [0.25, 0.3) is 0 Å². The van der Waals surface area contributed by atoms with Gasteiger partial charge in [-0.15, -0.1) is 10.2 Å². The predicted octanol–water partition coefficient (Wildman–Crippen LogP) is 3.74. The number of nitrogens with one attached hydrogen (secondary N) is 2. The molecule has 1 aromatic carbocycles. The molecule has 8 heteroatoms. The molecule has 1 amide bonds. The van der Waals surface area contributed by atoms with Crippen molar-refractivity contribution in [3.8, 4) is 0 Å². The maximum absolute atomic E-state index is 12.2.